The van der Waals surface area contributed by atoms with E-state index in [4.69, 9.17) is 0 Å². The molecule has 0 atom stereocenters. The predicted octanol–water partition coefficient (Wildman–Crippen LogP) is 2.06. The van der Waals surface area contributed by atoms with Crippen LogP contribution in [0.15, 0.2) is 30.3 Å². The van der Waals surface area contributed by atoms with E-state index in [1.54, 1.807) is 19.2 Å². The summed E-state index contributed by atoms with van der Waals surface area (Å²) in [5.74, 6) is -0.491. The Hall–Kier alpha value is -2.17. The first-order valence-corrected chi connectivity index (χ1v) is 5.59. The molecule has 0 fully saturated rings. The van der Waals surface area contributed by atoms with Gasteiger partial charge in [-0.05, 0) is 31.2 Å². The average molecular weight is 247 g/mol. The number of carbonyl (C=O) groups is 1. The molecule has 4 nitrogen and oxygen atoms in total. The van der Waals surface area contributed by atoms with Gasteiger partial charge in [-0.1, -0.05) is 6.07 Å². The molecule has 0 saturated carbocycles. The van der Waals surface area contributed by atoms with Crippen molar-refractivity contribution in [3.8, 4) is 0 Å². The van der Waals surface area contributed by atoms with Crippen LogP contribution >= 0.6 is 0 Å². The minimum atomic E-state index is -0.359. The molecule has 0 unspecified atom stereocenters. The smallest absolute Gasteiger partial charge is 0.232 e. The maximum Gasteiger partial charge on any atom is 0.232 e. The summed E-state index contributed by atoms with van der Waals surface area (Å²) in [4.78, 5) is 13.4. The zero-order chi connectivity index (χ0) is 13.1. The first-order chi connectivity index (χ1) is 8.56. The summed E-state index contributed by atoms with van der Waals surface area (Å²) in [6, 6.07) is 7.76. The normalized spacial score (nSPS) is 10.4. The highest BCUT2D eigenvalue weighted by Gasteiger charge is 2.13. The van der Waals surface area contributed by atoms with E-state index in [2.05, 4.69) is 10.2 Å². The van der Waals surface area contributed by atoms with Gasteiger partial charge in [-0.25, -0.2) is 4.39 Å². The lowest BCUT2D eigenvalue weighted by molar-refractivity contribution is -0.117. The molecule has 0 aliphatic rings. The van der Waals surface area contributed by atoms with Crippen molar-refractivity contribution in [1.82, 2.24) is 10.2 Å². The van der Waals surface area contributed by atoms with Gasteiger partial charge in [0.05, 0.1) is 12.1 Å². The first kappa shape index (κ1) is 12.3. The molecule has 1 N–H and O–H groups in total. The molecule has 0 radical (unpaired) electrons. The van der Waals surface area contributed by atoms with Crippen molar-refractivity contribution in [3.63, 3.8) is 0 Å². The Morgan fingerprint density at radius 1 is 1.44 bits per heavy atom. The highest BCUT2D eigenvalue weighted by Crippen LogP contribution is 2.15. The fourth-order valence-electron chi connectivity index (χ4n) is 1.67. The van der Waals surface area contributed by atoms with E-state index in [0.717, 1.165) is 5.69 Å². The number of likely N-dealkylation sites (N-methyl/N-ethyl adjacent to an activating group) is 1. The number of rotatable bonds is 3. The third-order valence-corrected chi connectivity index (χ3v) is 2.66. The van der Waals surface area contributed by atoms with E-state index in [1.165, 1.54) is 17.0 Å². The van der Waals surface area contributed by atoms with Crippen molar-refractivity contribution in [2.45, 2.75) is 13.3 Å². The van der Waals surface area contributed by atoms with Gasteiger partial charge >= 0.3 is 0 Å². The van der Waals surface area contributed by atoms with Gasteiger partial charge in [0.15, 0.2) is 0 Å². The van der Waals surface area contributed by atoms with Crippen LogP contribution in [0.25, 0.3) is 0 Å². The standard InChI is InChI=1S/C13H14FN3O/c1-9-6-11(16-15-9)8-13(18)17(2)12-5-3-4-10(14)7-12/h3-7H,8H2,1-2H3,(H,15,16). The second-order valence-electron chi connectivity index (χ2n) is 4.15. The number of H-pyrrole nitrogens is 1. The van der Waals surface area contributed by atoms with Gasteiger partial charge in [0.1, 0.15) is 5.82 Å². The number of aromatic amines is 1. The fourth-order valence-corrected chi connectivity index (χ4v) is 1.67. The van der Waals surface area contributed by atoms with E-state index in [9.17, 15) is 9.18 Å². The van der Waals surface area contributed by atoms with Crippen molar-refractivity contribution in [2.24, 2.45) is 0 Å². The lowest BCUT2D eigenvalue weighted by atomic mass is 10.2. The summed E-state index contributed by atoms with van der Waals surface area (Å²) in [7, 11) is 1.62. The van der Waals surface area contributed by atoms with E-state index >= 15 is 0 Å². The molecule has 5 heteroatoms. The number of aryl methyl sites for hydroxylation is 1. The average Bonchev–Trinajstić information content (AvgIpc) is 2.73. The minimum Gasteiger partial charge on any atom is -0.315 e. The van der Waals surface area contributed by atoms with Crippen LogP contribution < -0.4 is 4.90 Å². The summed E-state index contributed by atoms with van der Waals surface area (Å²) < 4.78 is 13.1. The lowest BCUT2D eigenvalue weighted by Gasteiger charge is -2.16. The second-order valence-corrected chi connectivity index (χ2v) is 4.15. The number of halogens is 1. The van der Waals surface area contributed by atoms with Gasteiger partial charge < -0.3 is 4.90 Å². The molecule has 0 saturated heterocycles. The number of carbonyl (C=O) groups excluding carboxylic acids is 1. The summed E-state index contributed by atoms with van der Waals surface area (Å²) in [5.41, 5.74) is 2.12. The van der Waals surface area contributed by atoms with Gasteiger partial charge in [-0.2, -0.15) is 5.10 Å². The highest BCUT2D eigenvalue weighted by molar-refractivity contribution is 5.93. The van der Waals surface area contributed by atoms with Gasteiger partial charge in [0, 0.05) is 18.4 Å². The molecule has 1 amide bonds. The Morgan fingerprint density at radius 2 is 2.22 bits per heavy atom. The molecule has 0 aliphatic carbocycles. The van der Waals surface area contributed by atoms with Crippen LogP contribution in [0.2, 0.25) is 0 Å². The number of benzene rings is 1. The SMILES string of the molecule is Cc1cc(CC(=O)N(C)c2cccc(F)c2)n[nH]1. The number of hydrogen-bond acceptors (Lipinski definition) is 2. The minimum absolute atomic E-state index is 0.132. The van der Waals surface area contributed by atoms with Crippen molar-refractivity contribution < 1.29 is 9.18 Å². The van der Waals surface area contributed by atoms with Gasteiger partial charge in [0.2, 0.25) is 5.91 Å². The van der Waals surface area contributed by atoms with Crippen LogP contribution in [0.3, 0.4) is 0 Å². The molecule has 1 heterocycles. The van der Waals surface area contributed by atoms with E-state index < -0.39 is 0 Å². The van der Waals surface area contributed by atoms with Crippen LogP contribution in [0.5, 0.6) is 0 Å². The van der Waals surface area contributed by atoms with Gasteiger partial charge in [-0.3, -0.25) is 9.89 Å². The summed E-state index contributed by atoms with van der Waals surface area (Å²) in [6.45, 7) is 1.87. The van der Waals surface area contributed by atoms with Crippen LogP contribution in [0.1, 0.15) is 11.4 Å². The fraction of sp³-hybridized carbons (Fsp3) is 0.231. The van der Waals surface area contributed by atoms with Crippen molar-refractivity contribution in [1.29, 1.82) is 0 Å². The molecule has 1 aromatic heterocycles. The van der Waals surface area contributed by atoms with Crippen LogP contribution in [-0.2, 0) is 11.2 Å². The van der Waals surface area contributed by atoms with Crippen molar-refractivity contribution >= 4 is 11.6 Å². The maximum absolute atomic E-state index is 13.1. The Kier molecular flexibility index (Phi) is 3.41. The zero-order valence-electron chi connectivity index (χ0n) is 10.3. The van der Waals surface area contributed by atoms with Gasteiger partial charge in [0.25, 0.3) is 0 Å². The van der Waals surface area contributed by atoms with E-state index in [1.807, 2.05) is 13.0 Å². The Morgan fingerprint density at radius 3 is 2.83 bits per heavy atom. The maximum atomic E-state index is 13.1. The molecule has 0 bridgehead atoms. The quantitative estimate of drug-likeness (QED) is 0.902. The molecular formula is C13H14FN3O. The topological polar surface area (TPSA) is 49.0 Å². The highest BCUT2D eigenvalue weighted by atomic mass is 19.1. The zero-order valence-corrected chi connectivity index (χ0v) is 10.3. The van der Waals surface area contributed by atoms with Crippen molar-refractivity contribution in [2.75, 3.05) is 11.9 Å². The number of amides is 1. The predicted molar refractivity (Wildman–Crippen MR) is 66.8 cm³/mol. The Labute approximate surface area is 104 Å². The summed E-state index contributed by atoms with van der Waals surface area (Å²) in [5, 5.41) is 6.78. The van der Waals surface area contributed by atoms with E-state index in [-0.39, 0.29) is 18.1 Å². The first-order valence-electron chi connectivity index (χ1n) is 5.59. The van der Waals surface area contributed by atoms with E-state index in [0.29, 0.717) is 11.4 Å². The summed E-state index contributed by atoms with van der Waals surface area (Å²) >= 11 is 0. The molecule has 0 spiro atoms. The van der Waals surface area contributed by atoms with Crippen LogP contribution in [0.4, 0.5) is 10.1 Å². The van der Waals surface area contributed by atoms with Crippen LogP contribution in [0, 0.1) is 12.7 Å². The Bertz CT molecular complexity index is 565. The molecular weight excluding hydrogens is 233 g/mol. The molecule has 0 aliphatic heterocycles. The number of aromatic nitrogens is 2. The monoisotopic (exact) mass is 247 g/mol. The summed E-state index contributed by atoms with van der Waals surface area (Å²) in [6.07, 6.45) is 0.192. The third kappa shape index (κ3) is 2.74. The van der Waals surface area contributed by atoms with Crippen molar-refractivity contribution in [3.05, 3.63) is 47.5 Å². The number of anilines is 1. The molecule has 2 rings (SSSR count). The molecule has 2 aromatic rings. The second kappa shape index (κ2) is 5.00. The third-order valence-electron chi connectivity index (χ3n) is 2.66. The largest absolute Gasteiger partial charge is 0.315 e. The lowest BCUT2D eigenvalue weighted by Crippen LogP contribution is -2.28. The Balaban J connectivity index is 2.09. The number of hydrogen-bond donors (Lipinski definition) is 1. The van der Waals surface area contributed by atoms with Gasteiger partial charge in [-0.15, -0.1) is 0 Å². The number of nitrogens with one attached hydrogen (secondary N) is 1. The molecule has 1 aromatic carbocycles. The van der Waals surface area contributed by atoms with Crippen LogP contribution in [-0.4, -0.2) is 23.2 Å². The molecule has 94 valence electrons. The number of nitrogens with zero attached hydrogens (tertiary/aromatic N) is 2. The molecule has 18 heavy (non-hydrogen) atoms.